The van der Waals surface area contributed by atoms with Crippen LogP contribution in [-0.2, 0) is 9.59 Å². The van der Waals surface area contributed by atoms with Gasteiger partial charge in [-0.05, 0) is 51.4 Å². The van der Waals surface area contributed by atoms with E-state index in [4.69, 9.17) is 0 Å². The van der Waals surface area contributed by atoms with E-state index in [1.165, 1.54) is 0 Å². The van der Waals surface area contributed by atoms with Gasteiger partial charge in [-0.1, -0.05) is 12.2 Å². The Hall–Kier alpha value is -0.560. The number of nitrogens with one attached hydrogen (secondary N) is 4. The number of aliphatic carboxylic acids is 2. The third-order valence-electron chi connectivity index (χ3n) is 4.62. The second kappa shape index (κ2) is 31.5. The predicted molar refractivity (Wildman–Crippen MR) is 137 cm³/mol. The summed E-state index contributed by atoms with van der Waals surface area (Å²) in [5.41, 5.74) is 0. The van der Waals surface area contributed by atoms with Crippen molar-refractivity contribution in [3.8, 4) is 0 Å². The van der Waals surface area contributed by atoms with Crippen LogP contribution in [0.5, 0.6) is 0 Å². The number of rotatable bonds is 24. The standard InChI is InChI=1S/2C12H24N2O3.Ca/c2*1-2-3-4-5-11(15)10-14-9-8-13-7-6-12(16)17;/h2*2,11,13-15H,1,3-10H2,(H,16,17);/q;;+2/p-2. The first kappa shape index (κ1) is 39.0. The Balaban J connectivity index is -0.000000569. The zero-order chi connectivity index (χ0) is 25.9. The maximum atomic E-state index is 10.1. The second-order valence-electron chi connectivity index (χ2n) is 7.90. The molecular formula is C24H46CaN4O6. The van der Waals surface area contributed by atoms with Gasteiger partial charge in [0.05, 0.1) is 12.2 Å². The molecule has 0 heterocycles. The number of carboxylic acid groups (broad SMARTS) is 2. The van der Waals surface area contributed by atoms with Crippen LogP contribution >= 0.6 is 0 Å². The molecule has 0 rings (SSSR count). The van der Waals surface area contributed by atoms with Crippen molar-refractivity contribution in [2.45, 2.75) is 63.6 Å². The van der Waals surface area contributed by atoms with Crippen molar-refractivity contribution in [1.82, 2.24) is 21.3 Å². The van der Waals surface area contributed by atoms with E-state index < -0.39 is 11.9 Å². The first-order valence-corrected chi connectivity index (χ1v) is 12.1. The SMILES string of the molecule is C=CCCCC(O)CNCCNCCC(=O)[O-].C=CCCCC(O)CNCCNCCC(=O)[O-].[Ca+2]. The molecule has 0 amide bonds. The van der Waals surface area contributed by atoms with Crippen molar-refractivity contribution < 1.29 is 30.0 Å². The molecule has 6 N–H and O–H groups in total. The van der Waals surface area contributed by atoms with E-state index in [1.807, 2.05) is 12.2 Å². The summed E-state index contributed by atoms with van der Waals surface area (Å²) in [5, 5.41) is 51.4. The first-order chi connectivity index (χ1) is 16.3. The molecule has 0 aliphatic carbocycles. The van der Waals surface area contributed by atoms with E-state index in [9.17, 15) is 30.0 Å². The van der Waals surface area contributed by atoms with Crippen LogP contribution in [0.3, 0.4) is 0 Å². The summed E-state index contributed by atoms with van der Waals surface area (Å²) in [6, 6.07) is 0. The monoisotopic (exact) mass is 526 g/mol. The number of hydrogen-bond acceptors (Lipinski definition) is 10. The van der Waals surface area contributed by atoms with Crippen LogP contribution in [-0.4, -0.2) is 124 Å². The molecule has 0 aromatic carbocycles. The number of aliphatic hydroxyl groups excluding tert-OH is 2. The van der Waals surface area contributed by atoms with E-state index in [-0.39, 0.29) is 62.8 Å². The van der Waals surface area contributed by atoms with Gasteiger partial charge < -0.3 is 51.3 Å². The van der Waals surface area contributed by atoms with Crippen LogP contribution in [0.15, 0.2) is 25.3 Å². The van der Waals surface area contributed by atoms with Crippen LogP contribution < -0.4 is 31.5 Å². The smallest absolute Gasteiger partial charge is 0.550 e. The number of unbranched alkanes of at least 4 members (excludes halogenated alkanes) is 2. The molecule has 0 fully saturated rings. The predicted octanol–water partition coefficient (Wildman–Crippen LogP) is -2.34. The second-order valence-corrected chi connectivity index (χ2v) is 7.90. The van der Waals surface area contributed by atoms with E-state index >= 15 is 0 Å². The summed E-state index contributed by atoms with van der Waals surface area (Å²) in [6.07, 6.45) is 8.44. The summed E-state index contributed by atoms with van der Waals surface area (Å²) >= 11 is 0. The van der Waals surface area contributed by atoms with Gasteiger partial charge in [0.15, 0.2) is 0 Å². The molecule has 200 valence electrons. The van der Waals surface area contributed by atoms with Gasteiger partial charge in [-0.25, -0.2) is 0 Å². The molecule has 2 unspecified atom stereocenters. The van der Waals surface area contributed by atoms with E-state index in [0.29, 0.717) is 52.4 Å². The van der Waals surface area contributed by atoms with Crippen LogP contribution in [0.4, 0.5) is 0 Å². The van der Waals surface area contributed by atoms with Crippen LogP contribution in [0.25, 0.3) is 0 Å². The maximum absolute atomic E-state index is 10.1. The molecule has 10 nitrogen and oxygen atoms in total. The van der Waals surface area contributed by atoms with Gasteiger partial charge in [-0.2, -0.15) is 0 Å². The molecule has 0 saturated heterocycles. The van der Waals surface area contributed by atoms with E-state index in [2.05, 4.69) is 34.4 Å². The van der Waals surface area contributed by atoms with Crippen LogP contribution in [0.2, 0.25) is 0 Å². The molecule has 2 atom stereocenters. The van der Waals surface area contributed by atoms with Crippen molar-refractivity contribution in [2.24, 2.45) is 0 Å². The zero-order valence-corrected chi connectivity index (χ0v) is 23.5. The average Bonchev–Trinajstić information content (AvgIpc) is 2.78. The Morgan fingerprint density at radius 1 is 0.686 bits per heavy atom. The van der Waals surface area contributed by atoms with Gasteiger partial charge in [-0.3, -0.25) is 0 Å². The van der Waals surface area contributed by atoms with Gasteiger partial charge >= 0.3 is 37.7 Å². The normalized spacial score (nSPS) is 11.9. The topological polar surface area (TPSA) is 169 Å². The minimum Gasteiger partial charge on any atom is -0.550 e. The summed E-state index contributed by atoms with van der Waals surface area (Å²) in [6.45, 7) is 12.0. The Morgan fingerprint density at radius 3 is 1.34 bits per heavy atom. The molecule has 35 heavy (non-hydrogen) atoms. The molecule has 11 heteroatoms. The van der Waals surface area contributed by atoms with Gasteiger partial charge in [0.1, 0.15) is 0 Å². The minimum absolute atomic E-state index is 0. The van der Waals surface area contributed by atoms with Crippen molar-refractivity contribution in [2.75, 3.05) is 52.4 Å². The fraction of sp³-hybridized carbons (Fsp3) is 0.750. The summed E-state index contributed by atoms with van der Waals surface area (Å²) < 4.78 is 0. The quantitative estimate of drug-likeness (QED) is 0.0455. The van der Waals surface area contributed by atoms with Crippen molar-refractivity contribution in [3.05, 3.63) is 25.3 Å². The number of hydrogen-bond donors (Lipinski definition) is 6. The van der Waals surface area contributed by atoms with Crippen molar-refractivity contribution in [1.29, 1.82) is 0 Å². The van der Waals surface area contributed by atoms with Gasteiger partial charge in [-0.15, -0.1) is 13.2 Å². The van der Waals surface area contributed by atoms with Crippen molar-refractivity contribution >= 4 is 49.7 Å². The summed E-state index contributed by atoms with van der Waals surface area (Å²) in [7, 11) is 0. The number of carbonyl (C=O) groups is 2. The number of carbonyl (C=O) groups excluding carboxylic acids is 2. The van der Waals surface area contributed by atoms with Gasteiger partial charge in [0, 0.05) is 64.3 Å². The largest absolute Gasteiger partial charge is 2.00 e. The molecule has 0 saturated carbocycles. The molecule has 0 aromatic heterocycles. The third kappa shape index (κ3) is 38.1. The molecule has 0 radical (unpaired) electrons. The number of carboxylic acids is 2. The van der Waals surface area contributed by atoms with Crippen LogP contribution in [0.1, 0.15) is 51.4 Å². The molecule has 0 aromatic rings. The van der Waals surface area contributed by atoms with Crippen LogP contribution in [0, 0.1) is 0 Å². The Kier molecular flexibility index (Phi) is 35.0. The van der Waals surface area contributed by atoms with Crippen molar-refractivity contribution in [3.63, 3.8) is 0 Å². The van der Waals surface area contributed by atoms with E-state index in [0.717, 1.165) is 38.5 Å². The fourth-order valence-corrected chi connectivity index (χ4v) is 2.72. The molecular weight excluding hydrogens is 480 g/mol. The Labute approximate surface area is 241 Å². The Morgan fingerprint density at radius 2 is 1.03 bits per heavy atom. The van der Waals surface area contributed by atoms with Gasteiger partial charge in [0.2, 0.25) is 0 Å². The zero-order valence-electron chi connectivity index (χ0n) is 21.3. The summed E-state index contributed by atoms with van der Waals surface area (Å²) in [4.78, 5) is 20.2. The number of allylic oxidation sites excluding steroid dienone is 2. The fourth-order valence-electron chi connectivity index (χ4n) is 2.72. The average molecular weight is 527 g/mol. The molecule has 0 aliphatic rings. The first-order valence-electron chi connectivity index (χ1n) is 12.1. The third-order valence-corrected chi connectivity index (χ3v) is 4.62. The number of aliphatic hydroxyl groups is 2. The van der Waals surface area contributed by atoms with E-state index in [1.54, 1.807) is 0 Å². The maximum Gasteiger partial charge on any atom is 2.00 e. The molecule has 0 aliphatic heterocycles. The summed E-state index contributed by atoms with van der Waals surface area (Å²) in [5.74, 6) is -2.08. The molecule has 0 spiro atoms. The Bertz CT molecular complexity index is 470. The minimum atomic E-state index is -1.04. The van der Waals surface area contributed by atoms with Gasteiger partial charge in [0.25, 0.3) is 0 Å². The molecule has 0 bridgehead atoms.